The van der Waals surface area contributed by atoms with Crippen LogP contribution in [0.4, 0.5) is 0 Å². The number of Topliss-reactive ketones (excluding diaryl/α,β-unsaturated/α-hetero) is 1. The van der Waals surface area contributed by atoms with Crippen LogP contribution in [0.3, 0.4) is 0 Å². The van der Waals surface area contributed by atoms with E-state index in [0.29, 0.717) is 36.3 Å². The van der Waals surface area contributed by atoms with Crippen LogP contribution < -0.4 is 4.74 Å². The van der Waals surface area contributed by atoms with E-state index < -0.39 is 5.97 Å². The van der Waals surface area contributed by atoms with Crippen molar-refractivity contribution in [2.24, 2.45) is 0 Å². The van der Waals surface area contributed by atoms with Gasteiger partial charge in [-0.05, 0) is 61.9 Å². The molecular weight excluding hydrogens is 390 g/mol. The Balaban J connectivity index is 1.50. The standard InChI is InChI=1S/C26H27NO4/c1-4-30-21-11-9-19(10-12-21)20-13-22-24(23(28)14-20)17(3)25(27-22)26(29)31-15-18-7-5-16(2)6-8-18/h5-12,20,27H,4,13-15H2,1-3H3/t20-/m0/s1. The molecule has 1 aliphatic rings. The predicted octanol–water partition coefficient (Wildman–Crippen LogP) is 5.30. The van der Waals surface area contributed by atoms with Crippen molar-refractivity contribution in [3.05, 3.63) is 87.7 Å². The molecule has 1 atom stereocenters. The minimum atomic E-state index is -0.433. The second-order valence-corrected chi connectivity index (χ2v) is 8.07. The summed E-state index contributed by atoms with van der Waals surface area (Å²) in [5, 5.41) is 0. The summed E-state index contributed by atoms with van der Waals surface area (Å²) < 4.78 is 11.0. The molecule has 0 saturated carbocycles. The normalized spacial score (nSPS) is 15.5. The summed E-state index contributed by atoms with van der Waals surface area (Å²) in [6.45, 7) is 6.60. The molecule has 0 unspecified atom stereocenters. The van der Waals surface area contributed by atoms with Gasteiger partial charge in [0.25, 0.3) is 0 Å². The van der Waals surface area contributed by atoms with Crippen molar-refractivity contribution in [1.29, 1.82) is 0 Å². The molecule has 0 aliphatic heterocycles. The van der Waals surface area contributed by atoms with Gasteiger partial charge in [-0.25, -0.2) is 4.79 Å². The molecule has 0 bridgehead atoms. The first-order valence-corrected chi connectivity index (χ1v) is 10.7. The van der Waals surface area contributed by atoms with Crippen molar-refractivity contribution in [2.45, 2.75) is 46.1 Å². The van der Waals surface area contributed by atoms with E-state index in [2.05, 4.69) is 4.98 Å². The SMILES string of the molecule is CCOc1ccc([C@@H]2CC(=O)c3c([nH]c(C(=O)OCc4ccc(C)cc4)c3C)C2)cc1. The summed E-state index contributed by atoms with van der Waals surface area (Å²) in [5.74, 6) is 0.526. The number of aromatic amines is 1. The van der Waals surface area contributed by atoms with E-state index >= 15 is 0 Å². The zero-order valence-corrected chi connectivity index (χ0v) is 18.2. The van der Waals surface area contributed by atoms with Crippen molar-refractivity contribution >= 4 is 11.8 Å². The minimum Gasteiger partial charge on any atom is -0.494 e. The second-order valence-electron chi connectivity index (χ2n) is 8.07. The molecule has 2 aromatic carbocycles. The fourth-order valence-electron chi connectivity index (χ4n) is 4.18. The monoisotopic (exact) mass is 417 g/mol. The Morgan fingerprint density at radius 1 is 1.03 bits per heavy atom. The zero-order chi connectivity index (χ0) is 22.0. The van der Waals surface area contributed by atoms with Gasteiger partial charge in [0.2, 0.25) is 0 Å². The Hall–Kier alpha value is -3.34. The van der Waals surface area contributed by atoms with Crippen molar-refractivity contribution in [3.8, 4) is 5.75 Å². The molecule has 0 amide bonds. The average Bonchev–Trinajstić information content (AvgIpc) is 3.11. The number of fused-ring (bicyclic) bond motifs is 1. The largest absolute Gasteiger partial charge is 0.494 e. The molecule has 3 aromatic rings. The molecule has 5 nitrogen and oxygen atoms in total. The van der Waals surface area contributed by atoms with Crippen LogP contribution in [0.25, 0.3) is 0 Å². The van der Waals surface area contributed by atoms with Crippen LogP contribution in [0, 0.1) is 13.8 Å². The fraction of sp³-hybridized carbons (Fsp3) is 0.308. The number of H-pyrrole nitrogens is 1. The fourth-order valence-corrected chi connectivity index (χ4v) is 4.18. The molecule has 160 valence electrons. The molecule has 31 heavy (non-hydrogen) atoms. The Morgan fingerprint density at radius 2 is 1.74 bits per heavy atom. The number of hydrogen-bond acceptors (Lipinski definition) is 4. The van der Waals surface area contributed by atoms with Crippen LogP contribution in [-0.4, -0.2) is 23.3 Å². The highest BCUT2D eigenvalue weighted by Crippen LogP contribution is 2.35. The lowest BCUT2D eigenvalue weighted by Crippen LogP contribution is -2.18. The van der Waals surface area contributed by atoms with Crippen molar-refractivity contribution in [3.63, 3.8) is 0 Å². The maximum absolute atomic E-state index is 12.9. The van der Waals surface area contributed by atoms with Crippen molar-refractivity contribution in [2.75, 3.05) is 6.61 Å². The van der Waals surface area contributed by atoms with Crippen LogP contribution in [0.2, 0.25) is 0 Å². The summed E-state index contributed by atoms with van der Waals surface area (Å²) in [4.78, 5) is 28.8. The molecule has 0 spiro atoms. The highest BCUT2D eigenvalue weighted by atomic mass is 16.5. The van der Waals surface area contributed by atoms with E-state index in [1.54, 1.807) is 0 Å². The number of aryl methyl sites for hydroxylation is 1. The van der Waals surface area contributed by atoms with E-state index in [9.17, 15) is 9.59 Å². The van der Waals surface area contributed by atoms with Gasteiger partial charge in [-0.2, -0.15) is 0 Å². The summed E-state index contributed by atoms with van der Waals surface area (Å²) in [5.41, 5.74) is 5.69. The van der Waals surface area contributed by atoms with Gasteiger partial charge in [0.1, 0.15) is 18.1 Å². The number of benzene rings is 2. The van der Waals surface area contributed by atoms with Gasteiger partial charge in [-0.1, -0.05) is 42.0 Å². The van der Waals surface area contributed by atoms with E-state index in [0.717, 1.165) is 28.1 Å². The van der Waals surface area contributed by atoms with Crippen LogP contribution in [0.1, 0.15) is 68.1 Å². The molecule has 4 rings (SSSR count). The minimum absolute atomic E-state index is 0.0615. The zero-order valence-electron chi connectivity index (χ0n) is 18.2. The van der Waals surface area contributed by atoms with Gasteiger partial charge >= 0.3 is 5.97 Å². The predicted molar refractivity (Wildman–Crippen MR) is 119 cm³/mol. The Morgan fingerprint density at radius 3 is 2.42 bits per heavy atom. The molecule has 5 heteroatoms. The number of ether oxygens (including phenoxy) is 2. The number of hydrogen-bond donors (Lipinski definition) is 1. The molecule has 1 aliphatic carbocycles. The highest BCUT2D eigenvalue weighted by Gasteiger charge is 2.32. The van der Waals surface area contributed by atoms with Crippen LogP contribution in [0.15, 0.2) is 48.5 Å². The lowest BCUT2D eigenvalue weighted by Gasteiger charge is -2.22. The van der Waals surface area contributed by atoms with Crippen molar-refractivity contribution < 1.29 is 19.1 Å². The topological polar surface area (TPSA) is 68.4 Å². The number of nitrogens with one attached hydrogen (secondary N) is 1. The summed E-state index contributed by atoms with van der Waals surface area (Å²) in [6.07, 6.45) is 1.11. The molecule has 0 radical (unpaired) electrons. The first kappa shape index (κ1) is 20.9. The molecular formula is C26H27NO4. The number of carbonyl (C=O) groups excluding carboxylic acids is 2. The molecule has 1 aromatic heterocycles. The number of aromatic nitrogens is 1. The highest BCUT2D eigenvalue weighted by molar-refractivity contribution is 6.03. The van der Waals surface area contributed by atoms with Crippen molar-refractivity contribution in [1.82, 2.24) is 4.98 Å². The van der Waals surface area contributed by atoms with E-state index in [4.69, 9.17) is 9.47 Å². The van der Waals surface area contributed by atoms with Gasteiger partial charge in [-0.15, -0.1) is 0 Å². The van der Waals surface area contributed by atoms with E-state index in [1.165, 1.54) is 0 Å². The van der Waals surface area contributed by atoms with Gasteiger partial charge in [0, 0.05) is 17.7 Å². The molecule has 1 heterocycles. The Bertz CT molecular complexity index is 1090. The quantitative estimate of drug-likeness (QED) is 0.553. The smallest absolute Gasteiger partial charge is 0.355 e. The van der Waals surface area contributed by atoms with Crippen LogP contribution in [-0.2, 0) is 17.8 Å². The maximum Gasteiger partial charge on any atom is 0.355 e. The van der Waals surface area contributed by atoms with E-state index in [-0.39, 0.29) is 18.3 Å². The Labute approximate surface area is 182 Å². The first-order valence-electron chi connectivity index (χ1n) is 10.7. The maximum atomic E-state index is 12.9. The summed E-state index contributed by atoms with van der Waals surface area (Å²) in [6, 6.07) is 15.8. The van der Waals surface area contributed by atoms with Crippen LogP contribution in [0.5, 0.6) is 5.75 Å². The molecule has 1 N–H and O–H groups in total. The third kappa shape index (κ3) is 4.41. The third-order valence-corrected chi connectivity index (χ3v) is 5.85. The number of carbonyl (C=O) groups is 2. The molecule has 0 fully saturated rings. The lowest BCUT2D eigenvalue weighted by molar-refractivity contribution is 0.0465. The lowest BCUT2D eigenvalue weighted by atomic mass is 9.81. The Kier molecular flexibility index (Phi) is 5.94. The summed E-state index contributed by atoms with van der Waals surface area (Å²) in [7, 11) is 0. The first-order chi connectivity index (χ1) is 15.0. The van der Waals surface area contributed by atoms with Gasteiger partial charge in [0.05, 0.1) is 6.61 Å². The van der Waals surface area contributed by atoms with Crippen LogP contribution >= 0.6 is 0 Å². The molecule has 0 saturated heterocycles. The second kappa shape index (κ2) is 8.80. The van der Waals surface area contributed by atoms with Gasteiger partial charge in [0.15, 0.2) is 5.78 Å². The van der Waals surface area contributed by atoms with Gasteiger partial charge < -0.3 is 14.5 Å². The third-order valence-electron chi connectivity index (χ3n) is 5.85. The van der Waals surface area contributed by atoms with Gasteiger partial charge in [-0.3, -0.25) is 4.79 Å². The summed E-state index contributed by atoms with van der Waals surface area (Å²) >= 11 is 0. The average molecular weight is 418 g/mol. The van der Waals surface area contributed by atoms with E-state index in [1.807, 2.05) is 69.3 Å². The number of rotatable bonds is 6. The number of ketones is 1. The number of esters is 1.